The van der Waals surface area contributed by atoms with Crippen LogP contribution in [0.3, 0.4) is 0 Å². The molecule has 5 heteroatoms. The highest BCUT2D eigenvalue weighted by atomic mass is 16.5. The van der Waals surface area contributed by atoms with Crippen LogP contribution in [0.1, 0.15) is 31.9 Å². The van der Waals surface area contributed by atoms with Gasteiger partial charge in [-0.25, -0.2) is 0 Å². The lowest BCUT2D eigenvalue weighted by atomic mass is 10.3. The number of furan rings is 1. The monoisotopic (exact) mass is 281 g/mol. The number of ether oxygens (including phenoxy) is 1. The molecule has 0 aliphatic heterocycles. The van der Waals surface area contributed by atoms with Crippen molar-refractivity contribution in [3.63, 3.8) is 0 Å². The Balaban J connectivity index is 1.99. The summed E-state index contributed by atoms with van der Waals surface area (Å²) in [4.78, 5) is 4.18. The minimum atomic E-state index is 0.802. The number of rotatable bonds is 10. The number of guanidine groups is 1. The first-order chi connectivity index (χ1) is 9.86. The van der Waals surface area contributed by atoms with Gasteiger partial charge in [-0.15, -0.1) is 0 Å². The van der Waals surface area contributed by atoms with Gasteiger partial charge in [0, 0.05) is 39.8 Å². The van der Waals surface area contributed by atoms with Gasteiger partial charge in [0.05, 0.1) is 6.26 Å². The predicted molar refractivity (Wildman–Crippen MR) is 82.1 cm³/mol. The molecular weight excluding hydrogens is 254 g/mol. The summed E-state index contributed by atoms with van der Waals surface area (Å²) in [6.07, 6.45) is 5.87. The number of nitrogens with zero attached hydrogens (tertiary/aromatic N) is 1. The van der Waals surface area contributed by atoms with Crippen molar-refractivity contribution in [2.75, 3.05) is 33.4 Å². The molecule has 0 aliphatic rings. The fourth-order valence-electron chi connectivity index (χ4n) is 1.71. The van der Waals surface area contributed by atoms with Crippen molar-refractivity contribution in [1.29, 1.82) is 0 Å². The van der Waals surface area contributed by atoms with E-state index in [0.29, 0.717) is 0 Å². The van der Waals surface area contributed by atoms with E-state index in [0.717, 1.165) is 57.3 Å². The second-order valence-electron chi connectivity index (χ2n) is 4.57. The summed E-state index contributed by atoms with van der Waals surface area (Å²) in [5.74, 6) is 1.81. The van der Waals surface area contributed by atoms with Crippen LogP contribution in [0.15, 0.2) is 27.8 Å². The normalized spacial score (nSPS) is 11.6. The Morgan fingerprint density at radius 2 is 2.05 bits per heavy atom. The van der Waals surface area contributed by atoms with Crippen LogP contribution in [0.4, 0.5) is 0 Å². The van der Waals surface area contributed by atoms with Gasteiger partial charge in [-0.3, -0.25) is 4.99 Å². The van der Waals surface area contributed by atoms with Crippen LogP contribution in [0.25, 0.3) is 0 Å². The Bertz CT molecular complexity index is 350. The van der Waals surface area contributed by atoms with Gasteiger partial charge in [-0.05, 0) is 25.0 Å². The Labute approximate surface area is 121 Å². The summed E-state index contributed by atoms with van der Waals surface area (Å²) in [5.41, 5.74) is 0. The zero-order valence-corrected chi connectivity index (χ0v) is 12.7. The number of nitrogens with one attached hydrogen (secondary N) is 2. The van der Waals surface area contributed by atoms with Crippen molar-refractivity contribution in [1.82, 2.24) is 10.6 Å². The lowest BCUT2D eigenvalue weighted by Crippen LogP contribution is -2.39. The molecule has 0 amide bonds. The van der Waals surface area contributed by atoms with Gasteiger partial charge in [0.25, 0.3) is 0 Å². The Kier molecular flexibility index (Phi) is 9.40. The van der Waals surface area contributed by atoms with Crippen LogP contribution in [0.5, 0.6) is 0 Å². The fraction of sp³-hybridized carbons (Fsp3) is 0.667. The van der Waals surface area contributed by atoms with E-state index in [1.54, 1.807) is 13.3 Å². The number of unbranched alkanes of at least 4 members (excludes halogenated alkanes) is 1. The first kappa shape index (κ1) is 16.6. The summed E-state index contributed by atoms with van der Waals surface area (Å²) >= 11 is 0. The molecule has 0 bridgehead atoms. The van der Waals surface area contributed by atoms with Crippen molar-refractivity contribution in [2.45, 2.75) is 32.6 Å². The van der Waals surface area contributed by atoms with Gasteiger partial charge < -0.3 is 19.8 Å². The maximum atomic E-state index is 5.51. The summed E-state index contributed by atoms with van der Waals surface area (Å²) in [5, 5.41) is 6.53. The van der Waals surface area contributed by atoms with Crippen molar-refractivity contribution in [3.05, 3.63) is 24.2 Å². The summed E-state index contributed by atoms with van der Waals surface area (Å²) in [7, 11) is 1.78. The molecule has 5 nitrogen and oxygen atoms in total. The SMILES string of the molecule is CCCCOCCCNC(=NC)NCCc1ccco1. The lowest BCUT2D eigenvalue weighted by molar-refractivity contribution is 0.129. The second kappa shape index (κ2) is 11.3. The van der Waals surface area contributed by atoms with Crippen LogP contribution >= 0.6 is 0 Å². The van der Waals surface area contributed by atoms with Crippen molar-refractivity contribution in [2.24, 2.45) is 4.99 Å². The van der Waals surface area contributed by atoms with E-state index in [1.807, 2.05) is 12.1 Å². The zero-order chi connectivity index (χ0) is 14.5. The van der Waals surface area contributed by atoms with Crippen LogP contribution in [-0.4, -0.2) is 39.3 Å². The molecule has 0 atom stereocenters. The van der Waals surface area contributed by atoms with Gasteiger partial charge in [0.2, 0.25) is 0 Å². The maximum Gasteiger partial charge on any atom is 0.190 e. The molecule has 1 rings (SSSR count). The van der Waals surface area contributed by atoms with Crippen LogP contribution in [-0.2, 0) is 11.2 Å². The van der Waals surface area contributed by atoms with Crippen LogP contribution < -0.4 is 10.6 Å². The summed E-state index contributed by atoms with van der Waals surface area (Å²) in [6, 6.07) is 3.88. The van der Waals surface area contributed by atoms with E-state index < -0.39 is 0 Å². The van der Waals surface area contributed by atoms with Crippen molar-refractivity contribution in [3.8, 4) is 0 Å². The minimum Gasteiger partial charge on any atom is -0.469 e. The molecule has 1 aromatic heterocycles. The van der Waals surface area contributed by atoms with E-state index in [9.17, 15) is 0 Å². The number of aliphatic imine (C=N–C) groups is 1. The Morgan fingerprint density at radius 3 is 2.75 bits per heavy atom. The fourth-order valence-corrected chi connectivity index (χ4v) is 1.71. The van der Waals surface area contributed by atoms with Gasteiger partial charge in [-0.2, -0.15) is 0 Å². The second-order valence-corrected chi connectivity index (χ2v) is 4.57. The third-order valence-electron chi connectivity index (χ3n) is 2.87. The zero-order valence-electron chi connectivity index (χ0n) is 12.7. The van der Waals surface area contributed by atoms with E-state index in [-0.39, 0.29) is 0 Å². The van der Waals surface area contributed by atoms with Gasteiger partial charge >= 0.3 is 0 Å². The topological polar surface area (TPSA) is 58.8 Å². The van der Waals surface area contributed by atoms with E-state index in [4.69, 9.17) is 9.15 Å². The third kappa shape index (κ3) is 7.84. The van der Waals surface area contributed by atoms with Crippen molar-refractivity contribution >= 4 is 5.96 Å². The van der Waals surface area contributed by atoms with Gasteiger partial charge in [0.1, 0.15) is 5.76 Å². The molecule has 0 saturated heterocycles. The molecular formula is C15H27N3O2. The van der Waals surface area contributed by atoms with Crippen molar-refractivity contribution < 1.29 is 9.15 Å². The molecule has 1 aromatic rings. The molecule has 0 saturated carbocycles. The minimum absolute atomic E-state index is 0.802. The third-order valence-corrected chi connectivity index (χ3v) is 2.87. The molecule has 0 unspecified atom stereocenters. The lowest BCUT2D eigenvalue weighted by Gasteiger charge is -2.11. The summed E-state index contributed by atoms with van der Waals surface area (Å²) < 4.78 is 10.8. The molecule has 0 spiro atoms. The average molecular weight is 281 g/mol. The smallest absolute Gasteiger partial charge is 0.190 e. The highest BCUT2D eigenvalue weighted by Crippen LogP contribution is 1.99. The largest absolute Gasteiger partial charge is 0.469 e. The first-order valence-electron chi connectivity index (χ1n) is 7.41. The number of hydrogen-bond acceptors (Lipinski definition) is 3. The molecule has 114 valence electrons. The predicted octanol–water partition coefficient (Wildman–Crippen LogP) is 2.19. The molecule has 0 radical (unpaired) electrons. The quantitative estimate of drug-likeness (QED) is 0.392. The highest BCUT2D eigenvalue weighted by molar-refractivity contribution is 5.79. The van der Waals surface area contributed by atoms with Crippen LogP contribution in [0.2, 0.25) is 0 Å². The molecule has 1 heterocycles. The highest BCUT2D eigenvalue weighted by Gasteiger charge is 1.99. The molecule has 0 fully saturated rings. The molecule has 20 heavy (non-hydrogen) atoms. The molecule has 0 aliphatic carbocycles. The molecule has 0 aromatic carbocycles. The maximum absolute atomic E-state index is 5.51. The summed E-state index contributed by atoms with van der Waals surface area (Å²) in [6.45, 7) is 5.51. The first-order valence-corrected chi connectivity index (χ1v) is 7.41. The Morgan fingerprint density at radius 1 is 1.25 bits per heavy atom. The Hall–Kier alpha value is -1.49. The standard InChI is InChI=1S/C15H27N3O2/c1-3-4-11-19-12-6-9-17-15(16-2)18-10-8-14-7-5-13-20-14/h5,7,13H,3-4,6,8-12H2,1-2H3,(H2,16,17,18). The van der Waals surface area contributed by atoms with E-state index >= 15 is 0 Å². The van der Waals surface area contributed by atoms with E-state index in [1.165, 1.54) is 6.42 Å². The van der Waals surface area contributed by atoms with Gasteiger partial charge in [-0.1, -0.05) is 13.3 Å². The van der Waals surface area contributed by atoms with E-state index in [2.05, 4.69) is 22.5 Å². The average Bonchev–Trinajstić information content (AvgIpc) is 2.97. The van der Waals surface area contributed by atoms with Gasteiger partial charge in [0.15, 0.2) is 5.96 Å². The van der Waals surface area contributed by atoms with Crippen LogP contribution in [0, 0.1) is 0 Å². The number of hydrogen-bond donors (Lipinski definition) is 2. The molecule has 2 N–H and O–H groups in total.